The molecule has 2 heteroatoms. The monoisotopic (exact) mass is 271 g/mol. The normalized spacial score (nSPS) is 21.9. The third-order valence-corrected chi connectivity index (χ3v) is 4.47. The first-order valence-electron chi connectivity index (χ1n) is 7.98. The maximum Gasteiger partial charge on any atom is 0.126 e. The number of benzene rings is 1. The number of fused-ring (bicyclic) bond motifs is 1. The minimum Gasteiger partial charge on any atom is -0.493 e. The van der Waals surface area contributed by atoms with Gasteiger partial charge in [0.05, 0.1) is 6.61 Å². The highest BCUT2D eigenvalue weighted by Crippen LogP contribution is 2.34. The summed E-state index contributed by atoms with van der Waals surface area (Å²) in [6.45, 7) is 4.08. The molecule has 20 heavy (non-hydrogen) atoms. The molecule has 108 valence electrons. The minimum absolute atomic E-state index is 0.453. The number of rotatable bonds is 4. The van der Waals surface area contributed by atoms with Crippen molar-refractivity contribution < 1.29 is 4.74 Å². The van der Waals surface area contributed by atoms with Crippen LogP contribution in [0.15, 0.2) is 29.8 Å². The number of aryl methyl sites for hydroxylation is 1. The molecule has 0 aromatic heterocycles. The number of allylic oxidation sites excluding steroid dienone is 1. The Bertz CT molecular complexity index is 492. The fourth-order valence-corrected chi connectivity index (χ4v) is 3.35. The van der Waals surface area contributed by atoms with Crippen LogP contribution in [0.5, 0.6) is 5.75 Å². The Morgan fingerprint density at radius 1 is 1.30 bits per heavy atom. The summed E-state index contributed by atoms with van der Waals surface area (Å²) >= 11 is 0. The molecule has 1 aromatic rings. The zero-order valence-electron chi connectivity index (χ0n) is 12.5. The average Bonchev–Trinajstić information content (AvgIpc) is 2.87. The lowest BCUT2D eigenvalue weighted by molar-refractivity contribution is 0.313. The van der Waals surface area contributed by atoms with Crippen molar-refractivity contribution in [3.05, 3.63) is 41.0 Å². The van der Waals surface area contributed by atoms with Gasteiger partial charge in [0.25, 0.3) is 0 Å². The van der Waals surface area contributed by atoms with Crippen LogP contribution in [0.1, 0.15) is 55.7 Å². The van der Waals surface area contributed by atoms with Crippen molar-refractivity contribution in [2.24, 2.45) is 0 Å². The molecule has 3 rings (SSSR count). The molecule has 1 unspecified atom stereocenters. The number of para-hydroxylation sites is 1. The molecular weight excluding hydrogens is 246 g/mol. The van der Waals surface area contributed by atoms with Crippen molar-refractivity contribution in [3.8, 4) is 5.75 Å². The molecular formula is C18H25NO. The molecule has 0 radical (unpaired) electrons. The maximum absolute atomic E-state index is 5.94. The first kappa shape index (κ1) is 13.7. The van der Waals surface area contributed by atoms with Crippen LogP contribution in [-0.4, -0.2) is 13.2 Å². The quantitative estimate of drug-likeness (QED) is 0.824. The Morgan fingerprint density at radius 2 is 2.25 bits per heavy atom. The molecule has 0 fully saturated rings. The molecule has 1 aromatic carbocycles. The third kappa shape index (κ3) is 3.06. The molecule has 2 nitrogen and oxygen atoms in total. The number of hydrogen-bond acceptors (Lipinski definition) is 2. The molecule has 0 bridgehead atoms. The second-order valence-electron chi connectivity index (χ2n) is 6.00. The molecule has 0 saturated carbocycles. The highest BCUT2D eigenvalue weighted by atomic mass is 16.5. The number of hydrogen-bond donors (Lipinski definition) is 1. The molecule has 0 saturated heterocycles. The topological polar surface area (TPSA) is 21.3 Å². The Kier molecular flexibility index (Phi) is 4.41. The van der Waals surface area contributed by atoms with E-state index in [4.69, 9.17) is 4.74 Å². The third-order valence-electron chi connectivity index (χ3n) is 4.47. The van der Waals surface area contributed by atoms with E-state index in [-0.39, 0.29) is 0 Å². The fourth-order valence-electron chi connectivity index (χ4n) is 3.35. The number of nitrogens with one attached hydrogen (secondary N) is 1. The largest absolute Gasteiger partial charge is 0.493 e. The molecule has 1 aliphatic heterocycles. The van der Waals surface area contributed by atoms with Crippen LogP contribution in [0.2, 0.25) is 0 Å². The van der Waals surface area contributed by atoms with Crippen LogP contribution >= 0.6 is 0 Å². The van der Waals surface area contributed by atoms with Gasteiger partial charge in [0.1, 0.15) is 5.75 Å². The van der Waals surface area contributed by atoms with E-state index in [2.05, 4.69) is 36.5 Å². The Hall–Kier alpha value is -1.28. The van der Waals surface area contributed by atoms with Crippen LogP contribution in [0.3, 0.4) is 0 Å². The van der Waals surface area contributed by atoms with Crippen molar-refractivity contribution in [3.63, 3.8) is 0 Å². The first-order valence-corrected chi connectivity index (χ1v) is 7.98. The second kappa shape index (κ2) is 6.45. The standard InChI is InChI=1S/C18H25NO/c1-14-6-4-9-16-17(10-5-13-20-18(14)16)19-12-11-15-7-2-3-8-15/h4,6-7,9,17,19H,2-3,5,8,10-13H2,1H3. The van der Waals surface area contributed by atoms with Crippen LogP contribution in [0.4, 0.5) is 0 Å². The Morgan fingerprint density at radius 3 is 3.10 bits per heavy atom. The predicted molar refractivity (Wildman–Crippen MR) is 83.2 cm³/mol. The van der Waals surface area contributed by atoms with Gasteiger partial charge in [0.15, 0.2) is 0 Å². The van der Waals surface area contributed by atoms with E-state index in [1.165, 1.54) is 43.2 Å². The predicted octanol–water partition coefficient (Wildman–Crippen LogP) is 4.30. The van der Waals surface area contributed by atoms with Crippen molar-refractivity contribution >= 4 is 0 Å². The van der Waals surface area contributed by atoms with Crippen molar-refractivity contribution in [2.75, 3.05) is 13.2 Å². The van der Waals surface area contributed by atoms with E-state index in [9.17, 15) is 0 Å². The summed E-state index contributed by atoms with van der Waals surface area (Å²) in [6.07, 6.45) is 9.90. The van der Waals surface area contributed by atoms with Crippen molar-refractivity contribution in [1.29, 1.82) is 0 Å². The van der Waals surface area contributed by atoms with Gasteiger partial charge in [-0.15, -0.1) is 0 Å². The molecule has 1 aliphatic carbocycles. The molecule has 0 spiro atoms. The lowest BCUT2D eigenvalue weighted by Gasteiger charge is -2.19. The maximum atomic E-state index is 5.94. The van der Waals surface area contributed by atoms with Gasteiger partial charge in [-0.3, -0.25) is 0 Å². The minimum atomic E-state index is 0.453. The van der Waals surface area contributed by atoms with Gasteiger partial charge in [0.2, 0.25) is 0 Å². The zero-order chi connectivity index (χ0) is 13.8. The van der Waals surface area contributed by atoms with E-state index >= 15 is 0 Å². The van der Waals surface area contributed by atoms with E-state index in [0.717, 1.165) is 25.3 Å². The van der Waals surface area contributed by atoms with E-state index < -0.39 is 0 Å². The Balaban J connectivity index is 1.65. The lowest BCUT2D eigenvalue weighted by Crippen LogP contribution is -2.22. The first-order chi connectivity index (χ1) is 9.84. The summed E-state index contributed by atoms with van der Waals surface area (Å²) in [5.74, 6) is 1.11. The molecule has 0 amide bonds. The summed E-state index contributed by atoms with van der Waals surface area (Å²) in [6, 6.07) is 6.97. The fraction of sp³-hybridized carbons (Fsp3) is 0.556. The van der Waals surface area contributed by atoms with E-state index in [0.29, 0.717) is 6.04 Å². The summed E-state index contributed by atoms with van der Waals surface area (Å²) in [5, 5.41) is 3.75. The van der Waals surface area contributed by atoms with Crippen molar-refractivity contribution in [1.82, 2.24) is 5.32 Å². The van der Waals surface area contributed by atoms with Crippen LogP contribution in [0, 0.1) is 6.92 Å². The van der Waals surface area contributed by atoms with Crippen LogP contribution in [0.25, 0.3) is 0 Å². The summed E-state index contributed by atoms with van der Waals surface area (Å²) in [4.78, 5) is 0. The van der Waals surface area contributed by atoms with Gasteiger partial charge in [-0.05, 0) is 57.6 Å². The van der Waals surface area contributed by atoms with Gasteiger partial charge in [-0.1, -0.05) is 29.8 Å². The average molecular weight is 271 g/mol. The van der Waals surface area contributed by atoms with Gasteiger partial charge < -0.3 is 10.1 Å². The molecule has 1 heterocycles. The second-order valence-corrected chi connectivity index (χ2v) is 6.00. The highest BCUT2D eigenvalue weighted by molar-refractivity contribution is 5.43. The summed E-state index contributed by atoms with van der Waals surface area (Å²) in [5.41, 5.74) is 4.25. The smallest absolute Gasteiger partial charge is 0.126 e. The van der Waals surface area contributed by atoms with E-state index in [1.54, 1.807) is 5.57 Å². The molecule has 2 aliphatic rings. The van der Waals surface area contributed by atoms with Crippen LogP contribution in [-0.2, 0) is 0 Å². The lowest BCUT2D eigenvalue weighted by atomic mass is 9.99. The van der Waals surface area contributed by atoms with Gasteiger partial charge in [-0.2, -0.15) is 0 Å². The van der Waals surface area contributed by atoms with Crippen molar-refractivity contribution in [2.45, 2.75) is 51.5 Å². The van der Waals surface area contributed by atoms with Gasteiger partial charge in [0, 0.05) is 11.6 Å². The van der Waals surface area contributed by atoms with E-state index in [1.807, 2.05) is 0 Å². The molecule has 1 atom stereocenters. The zero-order valence-corrected chi connectivity index (χ0v) is 12.5. The van der Waals surface area contributed by atoms with Crippen LogP contribution < -0.4 is 10.1 Å². The summed E-state index contributed by atoms with van der Waals surface area (Å²) in [7, 11) is 0. The van der Waals surface area contributed by atoms with Gasteiger partial charge in [-0.25, -0.2) is 0 Å². The van der Waals surface area contributed by atoms with Gasteiger partial charge >= 0.3 is 0 Å². The SMILES string of the molecule is Cc1cccc2c1OCCCC2NCCC1=CCCC1. The Labute approximate surface area is 122 Å². The molecule has 1 N–H and O–H groups in total. The number of ether oxygens (including phenoxy) is 1. The highest BCUT2D eigenvalue weighted by Gasteiger charge is 2.20. The summed E-state index contributed by atoms with van der Waals surface area (Å²) < 4.78 is 5.94.